The van der Waals surface area contributed by atoms with Crippen molar-refractivity contribution in [1.82, 2.24) is 9.88 Å². The van der Waals surface area contributed by atoms with Crippen LogP contribution in [0.25, 0.3) is 0 Å². The minimum atomic E-state index is -3.62. The zero-order valence-electron chi connectivity index (χ0n) is 21.6. The molecule has 38 heavy (non-hydrogen) atoms. The average Bonchev–Trinajstić information content (AvgIpc) is 2.89. The number of sulfonamides is 1. The minimum absolute atomic E-state index is 0.104. The molecule has 2 fully saturated rings. The van der Waals surface area contributed by atoms with Gasteiger partial charge in [0.05, 0.1) is 51.2 Å². The number of pyridine rings is 1. The molecule has 0 spiro atoms. The van der Waals surface area contributed by atoms with Crippen LogP contribution in [-0.2, 0) is 19.5 Å². The van der Waals surface area contributed by atoms with Gasteiger partial charge in [0.15, 0.2) is 5.79 Å². The van der Waals surface area contributed by atoms with E-state index in [-0.39, 0.29) is 17.7 Å². The highest BCUT2D eigenvalue weighted by Gasteiger charge is 2.39. The van der Waals surface area contributed by atoms with Gasteiger partial charge in [0.25, 0.3) is 0 Å². The smallest absolute Gasteiger partial charge is 0.238 e. The number of hydrogen-bond donors (Lipinski definition) is 2. The van der Waals surface area contributed by atoms with Crippen LogP contribution in [0.2, 0.25) is 0 Å². The van der Waals surface area contributed by atoms with Crippen LogP contribution in [0.1, 0.15) is 30.9 Å². The first-order chi connectivity index (χ1) is 18.1. The molecule has 1 aromatic carbocycles. The molecule has 0 saturated carbocycles. The van der Waals surface area contributed by atoms with Crippen molar-refractivity contribution < 1.29 is 31.8 Å². The largest absolute Gasteiger partial charge is 0.488 e. The van der Waals surface area contributed by atoms with Gasteiger partial charge in [-0.25, -0.2) is 22.8 Å². The maximum Gasteiger partial charge on any atom is 0.238 e. The van der Waals surface area contributed by atoms with E-state index >= 15 is 4.39 Å². The maximum atomic E-state index is 15.0. The van der Waals surface area contributed by atoms with Gasteiger partial charge in [-0.2, -0.15) is 0 Å². The highest BCUT2D eigenvalue weighted by molar-refractivity contribution is 7.92. The van der Waals surface area contributed by atoms with Crippen molar-refractivity contribution in [2.24, 2.45) is 4.99 Å². The van der Waals surface area contributed by atoms with Crippen LogP contribution < -0.4 is 19.5 Å². The summed E-state index contributed by atoms with van der Waals surface area (Å²) in [5.74, 6) is -0.907. The Morgan fingerprint density at radius 3 is 2.55 bits per heavy atom. The number of nitrogens with one attached hydrogen (secondary N) is 2. The fraction of sp³-hybridized carbons (Fsp3) is 0.520. The van der Waals surface area contributed by atoms with Gasteiger partial charge >= 0.3 is 0 Å². The molecule has 1 unspecified atom stereocenters. The minimum Gasteiger partial charge on any atom is -0.488 e. The van der Waals surface area contributed by atoms with E-state index in [4.69, 9.17) is 23.9 Å². The van der Waals surface area contributed by atoms with E-state index in [2.05, 4.69) is 19.9 Å². The lowest BCUT2D eigenvalue weighted by Crippen LogP contribution is -2.57. The predicted octanol–water partition coefficient (Wildman–Crippen LogP) is 2.43. The molecule has 2 N–H and O–H groups in total. The molecule has 5 rings (SSSR count). The summed E-state index contributed by atoms with van der Waals surface area (Å²) in [5.41, 5.74) is 2.16. The molecule has 1 aromatic heterocycles. The molecule has 11 nitrogen and oxygen atoms in total. The number of fused-ring (bicyclic) bond motifs is 1. The number of morpholine rings is 1. The van der Waals surface area contributed by atoms with Crippen LogP contribution in [0.15, 0.2) is 29.4 Å². The molecule has 4 heterocycles. The summed E-state index contributed by atoms with van der Waals surface area (Å²) in [6.45, 7) is 5.48. The molecule has 3 aliphatic rings. The van der Waals surface area contributed by atoms with Crippen molar-refractivity contribution >= 4 is 27.1 Å². The Labute approximate surface area is 221 Å². The van der Waals surface area contributed by atoms with Gasteiger partial charge in [-0.15, -0.1) is 0 Å². The number of benzene rings is 1. The number of ether oxygens (including phenoxy) is 4. The number of hydrogen-bond acceptors (Lipinski definition) is 10. The first-order valence-electron chi connectivity index (χ1n) is 12.5. The Hall–Kier alpha value is -3.00. The lowest BCUT2D eigenvalue weighted by atomic mass is 9.97. The third-order valence-corrected chi connectivity index (χ3v) is 7.31. The van der Waals surface area contributed by atoms with Crippen molar-refractivity contribution in [1.29, 1.82) is 0 Å². The second-order valence-electron chi connectivity index (χ2n) is 9.62. The first-order valence-corrected chi connectivity index (χ1v) is 14.4. The molecule has 0 amide bonds. The van der Waals surface area contributed by atoms with Crippen LogP contribution in [0, 0.1) is 5.82 Å². The van der Waals surface area contributed by atoms with Crippen molar-refractivity contribution in [3.05, 3.63) is 41.3 Å². The summed E-state index contributed by atoms with van der Waals surface area (Å²) in [4.78, 5) is 11.5. The molecule has 2 aromatic rings. The predicted molar refractivity (Wildman–Crippen MR) is 140 cm³/mol. The summed E-state index contributed by atoms with van der Waals surface area (Å²) in [5, 5.41) is 3.51. The molecule has 13 heteroatoms. The molecule has 2 saturated heterocycles. The zero-order chi connectivity index (χ0) is 26.9. The molecule has 0 bridgehead atoms. The highest BCUT2D eigenvalue weighted by atomic mass is 32.2. The standard InChI is InChI=1S/C25H32FN5O6S/c1-25(31-6-10-36-11-7-31)28-22(16-12-20(30-38(3,32)33)24(34-2)27-15-16)19-13-17(26)14-21(23(19)29-25)37-18-4-8-35-9-5-18/h12-15,18,29-30H,4-11H2,1-3H3. The average molecular weight is 550 g/mol. The third kappa shape index (κ3) is 5.70. The summed E-state index contributed by atoms with van der Waals surface area (Å²) in [6, 6.07) is 4.36. The van der Waals surface area contributed by atoms with E-state index in [1.165, 1.54) is 25.4 Å². The number of anilines is 2. The topological polar surface area (TPSA) is 124 Å². The Bertz CT molecular complexity index is 1330. The molecule has 0 aliphatic carbocycles. The van der Waals surface area contributed by atoms with Gasteiger partial charge in [-0.05, 0) is 19.1 Å². The monoisotopic (exact) mass is 549 g/mol. The van der Waals surface area contributed by atoms with Crippen LogP contribution in [0.3, 0.4) is 0 Å². The zero-order valence-corrected chi connectivity index (χ0v) is 22.4. The quantitative estimate of drug-likeness (QED) is 0.536. The van der Waals surface area contributed by atoms with E-state index in [9.17, 15) is 8.42 Å². The molecule has 3 aliphatic heterocycles. The van der Waals surface area contributed by atoms with Crippen LogP contribution >= 0.6 is 0 Å². The van der Waals surface area contributed by atoms with Crippen molar-refractivity contribution in [3.63, 3.8) is 0 Å². The second-order valence-corrected chi connectivity index (χ2v) is 11.4. The fourth-order valence-corrected chi connectivity index (χ4v) is 5.44. The van der Waals surface area contributed by atoms with Crippen molar-refractivity contribution in [2.45, 2.75) is 31.7 Å². The van der Waals surface area contributed by atoms with Crippen molar-refractivity contribution in [2.75, 3.05) is 62.9 Å². The van der Waals surface area contributed by atoms with Crippen LogP contribution in [0.5, 0.6) is 11.6 Å². The van der Waals surface area contributed by atoms with Crippen LogP contribution in [0.4, 0.5) is 15.8 Å². The van der Waals surface area contributed by atoms with Gasteiger partial charge in [-0.1, -0.05) is 0 Å². The second kappa shape index (κ2) is 10.6. The molecule has 0 radical (unpaired) electrons. The van der Waals surface area contributed by atoms with E-state index < -0.39 is 21.6 Å². The Morgan fingerprint density at radius 2 is 1.87 bits per heavy atom. The first kappa shape index (κ1) is 26.6. The lowest BCUT2D eigenvalue weighted by molar-refractivity contribution is -0.00453. The summed E-state index contributed by atoms with van der Waals surface area (Å²) < 4.78 is 64.1. The van der Waals surface area contributed by atoms with E-state index in [0.717, 1.165) is 6.26 Å². The van der Waals surface area contributed by atoms with Gasteiger partial charge in [0.2, 0.25) is 15.9 Å². The van der Waals surface area contributed by atoms with Crippen molar-refractivity contribution in [3.8, 4) is 11.6 Å². The maximum absolute atomic E-state index is 15.0. The summed E-state index contributed by atoms with van der Waals surface area (Å²) >= 11 is 0. The van der Waals surface area contributed by atoms with Gasteiger partial charge in [-0.3, -0.25) is 9.62 Å². The molecular formula is C25H32FN5O6S. The third-order valence-electron chi connectivity index (χ3n) is 6.72. The van der Waals surface area contributed by atoms with E-state index in [0.29, 0.717) is 80.6 Å². The van der Waals surface area contributed by atoms with Gasteiger partial charge in [0.1, 0.15) is 23.4 Å². The SMILES string of the molecule is COc1ncc(C2=NC(C)(N3CCOCC3)Nc3c(OC4CCOCC4)cc(F)cc32)cc1NS(C)(=O)=O. The van der Waals surface area contributed by atoms with Gasteiger partial charge in [0, 0.05) is 49.3 Å². The number of aliphatic imine (C=N–C) groups is 1. The number of methoxy groups -OCH3 is 1. The van der Waals surface area contributed by atoms with E-state index in [1.807, 2.05) is 6.92 Å². The number of rotatable bonds is 7. The van der Waals surface area contributed by atoms with E-state index in [1.54, 1.807) is 6.07 Å². The molecule has 1 atom stereocenters. The Morgan fingerprint density at radius 1 is 1.16 bits per heavy atom. The summed E-state index contributed by atoms with van der Waals surface area (Å²) in [6.07, 6.45) is 3.87. The lowest BCUT2D eigenvalue weighted by Gasteiger charge is -2.44. The fourth-order valence-electron chi connectivity index (χ4n) is 4.89. The van der Waals surface area contributed by atoms with Gasteiger partial charge < -0.3 is 24.3 Å². The molecular weight excluding hydrogens is 517 g/mol. The summed E-state index contributed by atoms with van der Waals surface area (Å²) in [7, 11) is -2.22. The Kier molecular flexibility index (Phi) is 7.45. The normalized spacial score (nSPS) is 22.7. The van der Waals surface area contributed by atoms with Crippen LogP contribution in [-0.4, -0.2) is 88.8 Å². The number of aromatic nitrogens is 1. The highest BCUT2D eigenvalue weighted by Crippen LogP contribution is 2.41. The number of halogens is 1. The number of nitrogens with zero attached hydrogens (tertiary/aromatic N) is 3. The Balaban J connectivity index is 1.64. The molecule has 206 valence electrons.